The van der Waals surface area contributed by atoms with Crippen LogP contribution in [0.2, 0.25) is 0 Å². The molecule has 1 fully saturated rings. The highest BCUT2D eigenvalue weighted by Crippen LogP contribution is 2.26. The van der Waals surface area contributed by atoms with Crippen molar-refractivity contribution in [3.05, 3.63) is 34.6 Å². The van der Waals surface area contributed by atoms with E-state index in [0.29, 0.717) is 22.1 Å². The Hall–Kier alpha value is -1.82. The third-order valence-corrected chi connectivity index (χ3v) is 6.23. The van der Waals surface area contributed by atoms with Crippen molar-refractivity contribution in [1.29, 1.82) is 0 Å². The van der Waals surface area contributed by atoms with Crippen molar-refractivity contribution in [2.75, 3.05) is 0 Å². The minimum absolute atomic E-state index is 0.0278. The molecule has 0 spiro atoms. The summed E-state index contributed by atoms with van der Waals surface area (Å²) >= 11 is 1.37. The van der Waals surface area contributed by atoms with Gasteiger partial charge in [0, 0.05) is 12.1 Å². The van der Waals surface area contributed by atoms with Crippen LogP contribution in [0.5, 0.6) is 0 Å². The number of carbonyl (C=O) groups is 1. The van der Waals surface area contributed by atoms with E-state index < -0.39 is 0 Å². The highest BCUT2D eigenvalue weighted by molar-refractivity contribution is 8.00. The lowest BCUT2D eigenvalue weighted by molar-refractivity contribution is -0.120. The molecular formula is C20H27N3O2S. The van der Waals surface area contributed by atoms with Gasteiger partial charge in [-0.15, -0.1) is 0 Å². The predicted octanol–water partition coefficient (Wildman–Crippen LogP) is 3.91. The molecule has 6 heteroatoms. The molecule has 5 nitrogen and oxygen atoms in total. The number of nitrogens with one attached hydrogen (secondary N) is 1. The van der Waals surface area contributed by atoms with Gasteiger partial charge in [-0.05, 0) is 45.2 Å². The summed E-state index contributed by atoms with van der Waals surface area (Å²) < 4.78 is 1.74. The largest absolute Gasteiger partial charge is 0.352 e. The molecule has 1 heterocycles. The van der Waals surface area contributed by atoms with Gasteiger partial charge in [-0.25, -0.2) is 4.98 Å². The van der Waals surface area contributed by atoms with Gasteiger partial charge in [0.25, 0.3) is 5.56 Å². The topological polar surface area (TPSA) is 64.0 Å². The summed E-state index contributed by atoms with van der Waals surface area (Å²) in [6.07, 6.45) is 5.33. The standard InChI is InChI=1S/C20H27N3O2S/c1-4-13(2)23-19(25)16-11-7-8-12-17(16)22-20(23)26-14(3)18(24)21-15-9-5-6-10-15/h7-8,11-15H,4-6,9-10H2,1-3H3,(H,21,24)/t13-,14+/m0/s1. The Morgan fingerprint density at radius 3 is 2.69 bits per heavy atom. The van der Waals surface area contributed by atoms with Crippen LogP contribution in [-0.4, -0.2) is 26.8 Å². The van der Waals surface area contributed by atoms with Gasteiger partial charge in [0.15, 0.2) is 5.16 Å². The first-order valence-corrected chi connectivity index (χ1v) is 10.4. The molecule has 1 saturated carbocycles. The Morgan fingerprint density at radius 1 is 1.31 bits per heavy atom. The third kappa shape index (κ3) is 3.95. The number of fused-ring (bicyclic) bond motifs is 1. The minimum atomic E-state index is -0.293. The molecule has 0 saturated heterocycles. The van der Waals surface area contributed by atoms with Crippen LogP contribution in [0.4, 0.5) is 0 Å². The second kappa shape index (κ2) is 8.25. The fourth-order valence-electron chi connectivity index (χ4n) is 3.38. The summed E-state index contributed by atoms with van der Waals surface area (Å²) in [5, 5.41) is 4.09. The number of thioether (sulfide) groups is 1. The molecule has 1 aromatic heterocycles. The van der Waals surface area contributed by atoms with E-state index in [1.54, 1.807) is 4.57 Å². The number of amides is 1. The third-order valence-electron chi connectivity index (χ3n) is 5.16. The van der Waals surface area contributed by atoms with Crippen LogP contribution in [-0.2, 0) is 4.79 Å². The van der Waals surface area contributed by atoms with Crippen molar-refractivity contribution < 1.29 is 4.79 Å². The fraction of sp³-hybridized carbons (Fsp3) is 0.550. The quantitative estimate of drug-likeness (QED) is 0.616. The number of hydrogen-bond acceptors (Lipinski definition) is 4. The summed E-state index contributed by atoms with van der Waals surface area (Å²) in [4.78, 5) is 30.2. The first-order chi connectivity index (χ1) is 12.5. The van der Waals surface area contributed by atoms with Gasteiger partial charge in [-0.3, -0.25) is 14.2 Å². The van der Waals surface area contributed by atoms with Crippen molar-refractivity contribution >= 4 is 28.6 Å². The van der Waals surface area contributed by atoms with Crippen LogP contribution in [0.1, 0.15) is 58.9 Å². The number of nitrogens with zero attached hydrogens (tertiary/aromatic N) is 2. The summed E-state index contributed by atoms with van der Waals surface area (Å²) in [5.74, 6) is 0.0278. The average Bonchev–Trinajstić information content (AvgIpc) is 3.14. The Labute approximate surface area is 158 Å². The van der Waals surface area contributed by atoms with Crippen molar-refractivity contribution in [1.82, 2.24) is 14.9 Å². The molecule has 1 N–H and O–H groups in total. The SMILES string of the molecule is CC[C@H](C)n1c(S[C@H](C)C(=O)NC2CCCC2)nc2ccccc2c1=O. The van der Waals surface area contributed by atoms with Gasteiger partial charge in [0.2, 0.25) is 5.91 Å². The van der Waals surface area contributed by atoms with Crippen LogP contribution in [0, 0.1) is 0 Å². The zero-order valence-corrected chi connectivity index (χ0v) is 16.5. The van der Waals surface area contributed by atoms with E-state index in [2.05, 4.69) is 12.2 Å². The zero-order chi connectivity index (χ0) is 18.7. The van der Waals surface area contributed by atoms with Gasteiger partial charge in [0.05, 0.1) is 16.2 Å². The van der Waals surface area contributed by atoms with E-state index >= 15 is 0 Å². The second-order valence-corrected chi connectivity index (χ2v) is 8.40. The molecule has 140 valence electrons. The van der Waals surface area contributed by atoms with Crippen molar-refractivity contribution in [2.24, 2.45) is 0 Å². The molecule has 0 radical (unpaired) electrons. The number of benzene rings is 1. The lowest BCUT2D eigenvalue weighted by Crippen LogP contribution is -2.38. The first kappa shape index (κ1) is 19.0. The molecule has 0 aliphatic heterocycles. The molecule has 3 rings (SSSR count). The zero-order valence-electron chi connectivity index (χ0n) is 15.7. The molecule has 1 aliphatic carbocycles. The van der Waals surface area contributed by atoms with Crippen LogP contribution >= 0.6 is 11.8 Å². The average molecular weight is 374 g/mol. The molecule has 1 amide bonds. The number of hydrogen-bond donors (Lipinski definition) is 1. The maximum Gasteiger partial charge on any atom is 0.262 e. The normalized spacial score (nSPS) is 17.3. The van der Waals surface area contributed by atoms with E-state index in [-0.39, 0.29) is 22.8 Å². The van der Waals surface area contributed by atoms with Gasteiger partial charge < -0.3 is 5.32 Å². The van der Waals surface area contributed by atoms with Crippen LogP contribution in [0.15, 0.2) is 34.2 Å². The molecule has 2 atom stereocenters. The summed E-state index contributed by atoms with van der Waals surface area (Å²) in [7, 11) is 0. The number of carbonyl (C=O) groups excluding carboxylic acids is 1. The van der Waals surface area contributed by atoms with E-state index in [4.69, 9.17) is 4.98 Å². The summed E-state index contributed by atoms with van der Waals surface area (Å²) in [6.45, 7) is 5.96. The van der Waals surface area contributed by atoms with E-state index in [9.17, 15) is 9.59 Å². The number of rotatable bonds is 6. The number of aromatic nitrogens is 2. The second-order valence-electron chi connectivity index (χ2n) is 7.09. The molecule has 0 bridgehead atoms. The summed E-state index contributed by atoms with van der Waals surface area (Å²) in [5.41, 5.74) is 0.652. The Balaban J connectivity index is 1.90. The Morgan fingerprint density at radius 2 is 2.00 bits per heavy atom. The smallest absolute Gasteiger partial charge is 0.262 e. The van der Waals surface area contributed by atoms with Crippen molar-refractivity contribution in [3.63, 3.8) is 0 Å². The Kier molecular flexibility index (Phi) is 6.01. The van der Waals surface area contributed by atoms with E-state index in [1.165, 1.54) is 24.6 Å². The lowest BCUT2D eigenvalue weighted by atomic mass is 10.2. The maximum atomic E-state index is 13.0. The van der Waals surface area contributed by atoms with Crippen LogP contribution in [0.25, 0.3) is 10.9 Å². The van der Waals surface area contributed by atoms with Gasteiger partial charge in [-0.2, -0.15) is 0 Å². The van der Waals surface area contributed by atoms with Crippen LogP contribution in [0.3, 0.4) is 0 Å². The highest BCUT2D eigenvalue weighted by Gasteiger charge is 2.24. The Bertz CT molecular complexity index is 843. The van der Waals surface area contributed by atoms with Crippen molar-refractivity contribution in [3.8, 4) is 0 Å². The van der Waals surface area contributed by atoms with Gasteiger partial charge in [0.1, 0.15) is 0 Å². The molecule has 26 heavy (non-hydrogen) atoms. The molecule has 0 unspecified atom stereocenters. The van der Waals surface area contributed by atoms with Crippen molar-refractivity contribution in [2.45, 2.75) is 75.4 Å². The minimum Gasteiger partial charge on any atom is -0.352 e. The first-order valence-electron chi connectivity index (χ1n) is 9.49. The number of para-hydroxylation sites is 1. The van der Waals surface area contributed by atoms with Crippen LogP contribution < -0.4 is 10.9 Å². The molecule has 2 aromatic rings. The monoisotopic (exact) mass is 373 g/mol. The molecule has 1 aromatic carbocycles. The molecular weight excluding hydrogens is 346 g/mol. The summed E-state index contributed by atoms with van der Waals surface area (Å²) in [6, 6.07) is 7.74. The van der Waals surface area contributed by atoms with E-state index in [0.717, 1.165) is 19.3 Å². The lowest BCUT2D eigenvalue weighted by Gasteiger charge is -2.21. The highest BCUT2D eigenvalue weighted by atomic mass is 32.2. The van der Waals surface area contributed by atoms with Gasteiger partial charge >= 0.3 is 0 Å². The predicted molar refractivity (Wildman–Crippen MR) is 107 cm³/mol. The van der Waals surface area contributed by atoms with Gasteiger partial charge in [-0.1, -0.05) is 43.7 Å². The maximum absolute atomic E-state index is 13.0. The van der Waals surface area contributed by atoms with E-state index in [1.807, 2.05) is 38.1 Å². The fourth-order valence-corrected chi connectivity index (χ4v) is 4.40. The molecule has 1 aliphatic rings.